The third-order valence-corrected chi connectivity index (χ3v) is 4.23. The lowest BCUT2D eigenvalue weighted by atomic mass is 9.91. The number of rotatable bonds is 7. The van der Waals surface area contributed by atoms with Gasteiger partial charge in [0.2, 0.25) is 0 Å². The Morgan fingerprint density at radius 2 is 2.19 bits per heavy atom. The van der Waals surface area contributed by atoms with E-state index < -0.39 is 5.54 Å². The number of hydrogen-bond donors (Lipinski definition) is 1. The van der Waals surface area contributed by atoms with Gasteiger partial charge in [0.25, 0.3) is 0 Å². The molecule has 1 saturated carbocycles. The molecule has 0 saturated heterocycles. The molecule has 1 unspecified atom stereocenters. The minimum atomic E-state index is -0.637. The standard InChI is InChI=1S/C16H27N3O2/c1-6-21-15(20)16(14-7-8-14,18-11(2)3)9-19-10-17-12(4)13(19)5/h10-11,14,18H,6-9H2,1-5H3. The number of ether oxygens (including phenoxy) is 1. The van der Waals surface area contributed by atoms with Crippen molar-refractivity contribution in [2.24, 2.45) is 5.92 Å². The molecule has 1 fully saturated rings. The number of hydrogen-bond acceptors (Lipinski definition) is 4. The van der Waals surface area contributed by atoms with E-state index in [1.165, 1.54) is 0 Å². The first-order valence-electron chi connectivity index (χ1n) is 7.84. The molecular weight excluding hydrogens is 266 g/mol. The highest BCUT2D eigenvalue weighted by atomic mass is 16.5. The van der Waals surface area contributed by atoms with Crippen molar-refractivity contribution < 1.29 is 9.53 Å². The third-order valence-electron chi connectivity index (χ3n) is 4.23. The summed E-state index contributed by atoms with van der Waals surface area (Å²) in [6.07, 6.45) is 3.97. The van der Waals surface area contributed by atoms with Crippen molar-refractivity contribution in [2.45, 2.75) is 65.6 Å². The molecule has 1 N–H and O–H groups in total. The van der Waals surface area contributed by atoms with E-state index >= 15 is 0 Å². The van der Waals surface area contributed by atoms with E-state index in [9.17, 15) is 4.79 Å². The van der Waals surface area contributed by atoms with Gasteiger partial charge in [-0.05, 0) is 53.4 Å². The average Bonchev–Trinajstić information content (AvgIpc) is 3.21. The molecule has 0 aliphatic heterocycles. The largest absolute Gasteiger partial charge is 0.465 e. The summed E-state index contributed by atoms with van der Waals surface area (Å²) in [7, 11) is 0. The topological polar surface area (TPSA) is 56.2 Å². The molecule has 5 heteroatoms. The van der Waals surface area contributed by atoms with Crippen LogP contribution in [0.15, 0.2) is 6.33 Å². The molecule has 1 heterocycles. The zero-order valence-corrected chi connectivity index (χ0v) is 13.8. The van der Waals surface area contributed by atoms with E-state index in [4.69, 9.17) is 4.74 Å². The van der Waals surface area contributed by atoms with Crippen LogP contribution in [-0.4, -0.2) is 33.7 Å². The fraction of sp³-hybridized carbons (Fsp3) is 0.750. The van der Waals surface area contributed by atoms with E-state index in [0.717, 1.165) is 24.2 Å². The van der Waals surface area contributed by atoms with Gasteiger partial charge in [-0.3, -0.25) is 5.32 Å². The van der Waals surface area contributed by atoms with Gasteiger partial charge in [0, 0.05) is 11.7 Å². The van der Waals surface area contributed by atoms with Crippen molar-refractivity contribution in [3.8, 4) is 0 Å². The predicted molar refractivity (Wildman–Crippen MR) is 82.1 cm³/mol. The molecule has 1 aliphatic rings. The average molecular weight is 293 g/mol. The number of aromatic nitrogens is 2. The van der Waals surface area contributed by atoms with Crippen LogP contribution in [-0.2, 0) is 16.1 Å². The van der Waals surface area contributed by atoms with Crippen LogP contribution in [0.25, 0.3) is 0 Å². The van der Waals surface area contributed by atoms with Crippen LogP contribution < -0.4 is 5.32 Å². The highest BCUT2D eigenvalue weighted by Gasteiger charge is 2.52. The Balaban J connectivity index is 2.33. The minimum absolute atomic E-state index is 0.132. The molecule has 1 aromatic rings. The Bertz CT molecular complexity index is 506. The van der Waals surface area contributed by atoms with Crippen LogP contribution in [0.3, 0.4) is 0 Å². The van der Waals surface area contributed by atoms with Crippen LogP contribution in [0, 0.1) is 19.8 Å². The van der Waals surface area contributed by atoms with E-state index in [2.05, 4.69) is 28.7 Å². The number of nitrogens with one attached hydrogen (secondary N) is 1. The highest BCUT2D eigenvalue weighted by Crippen LogP contribution is 2.42. The molecule has 118 valence electrons. The SMILES string of the molecule is CCOC(=O)C(Cn1cnc(C)c1C)(NC(C)C)C1CC1. The molecule has 0 amide bonds. The summed E-state index contributed by atoms with van der Waals surface area (Å²) in [5.74, 6) is 0.216. The Morgan fingerprint density at radius 3 is 2.62 bits per heavy atom. The van der Waals surface area contributed by atoms with Crippen LogP contribution in [0.4, 0.5) is 0 Å². The van der Waals surface area contributed by atoms with Crippen molar-refractivity contribution in [2.75, 3.05) is 6.61 Å². The minimum Gasteiger partial charge on any atom is -0.465 e. The Hall–Kier alpha value is -1.36. The fourth-order valence-electron chi connectivity index (χ4n) is 2.91. The van der Waals surface area contributed by atoms with Gasteiger partial charge in [-0.2, -0.15) is 0 Å². The second kappa shape index (κ2) is 6.18. The molecule has 1 atom stereocenters. The maximum atomic E-state index is 12.7. The van der Waals surface area contributed by atoms with E-state index in [1.807, 2.05) is 27.1 Å². The first-order valence-corrected chi connectivity index (χ1v) is 7.84. The van der Waals surface area contributed by atoms with Crippen LogP contribution in [0.1, 0.15) is 45.0 Å². The van der Waals surface area contributed by atoms with Gasteiger partial charge in [-0.25, -0.2) is 9.78 Å². The van der Waals surface area contributed by atoms with Gasteiger partial charge in [0.15, 0.2) is 0 Å². The Labute approximate surface area is 127 Å². The van der Waals surface area contributed by atoms with Crippen LogP contribution >= 0.6 is 0 Å². The van der Waals surface area contributed by atoms with Crippen molar-refractivity contribution in [3.63, 3.8) is 0 Å². The summed E-state index contributed by atoms with van der Waals surface area (Å²) < 4.78 is 7.46. The number of aryl methyl sites for hydroxylation is 1. The fourth-order valence-corrected chi connectivity index (χ4v) is 2.91. The highest BCUT2D eigenvalue weighted by molar-refractivity contribution is 5.82. The first-order chi connectivity index (χ1) is 9.90. The number of imidazole rings is 1. The maximum Gasteiger partial charge on any atom is 0.328 e. The summed E-state index contributed by atoms with van der Waals surface area (Å²) in [5, 5.41) is 3.50. The summed E-state index contributed by atoms with van der Waals surface area (Å²) in [4.78, 5) is 17.0. The van der Waals surface area contributed by atoms with Gasteiger partial charge in [0.05, 0.1) is 25.2 Å². The monoisotopic (exact) mass is 293 g/mol. The predicted octanol–water partition coefficient (Wildman–Crippen LogP) is 2.21. The molecule has 0 aromatic carbocycles. The Kier molecular flexibility index (Phi) is 4.71. The van der Waals surface area contributed by atoms with Crippen LogP contribution in [0.5, 0.6) is 0 Å². The second-order valence-corrected chi connectivity index (χ2v) is 6.31. The van der Waals surface area contributed by atoms with Gasteiger partial charge >= 0.3 is 5.97 Å². The lowest BCUT2D eigenvalue weighted by molar-refractivity contribution is -0.153. The number of carbonyl (C=O) groups excluding carboxylic acids is 1. The number of carbonyl (C=O) groups is 1. The van der Waals surface area contributed by atoms with Gasteiger partial charge in [-0.15, -0.1) is 0 Å². The molecule has 0 bridgehead atoms. The van der Waals surface area contributed by atoms with Crippen LogP contribution in [0.2, 0.25) is 0 Å². The van der Waals surface area contributed by atoms with Crippen molar-refractivity contribution in [1.29, 1.82) is 0 Å². The molecule has 5 nitrogen and oxygen atoms in total. The number of nitrogens with zero attached hydrogens (tertiary/aromatic N) is 2. The molecular formula is C16H27N3O2. The first kappa shape index (κ1) is 16.0. The molecule has 0 spiro atoms. The quantitative estimate of drug-likeness (QED) is 0.783. The molecule has 1 aliphatic carbocycles. The van der Waals surface area contributed by atoms with E-state index in [0.29, 0.717) is 19.1 Å². The van der Waals surface area contributed by atoms with Gasteiger partial charge in [0.1, 0.15) is 5.54 Å². The number of esters is 1. The van der Waals surface area contributed by atoms with Crippen molar-refractivity contribution >= 4 is 5.97 Å². The summed E-state index contributed by atoms with van der Waals surface area (Å²) in [5.41, 5.74) is 1.48. The normalized spacial score (nSPS) is 17.8. The lowest BCUT2D eigenvalue weighted by Gasteiger charge is -2.35. The maximum absolute atomic E-state index is 12.7. The van der Waals surface area contributed by atoms with Gasteiger partial charge in [-0.1, -0.05) is 0 Å². The molecule has 1 aromatic heterocycles. The van der Waals surface area contributed by atoms with Gasteiger partial charge < -0.3 is 9.30 Å². The van der Waals surface area contributed by atoms with Crippen molar-refractivity contribution in [1.82, 2.24) is 14.9 Å². The van der Waals surface area contributed by atoms with Crippen molar-refractivity contribution in [3.05, 3.63) is 17.7 Å². The lowest BCUT2D eigenvalue weighted by Crippen LogP contribution is -2.59. The van der Waals surface area contributed by atoms with E-state index in [1.54, 1.807) is 0 Å². The molecule has 0 radical (unpaired) electrons. The smallest absolute Gasteiger partial charge is 0.328 e. The zero-order valence-electron chi connectivity index (χ0n) is 13.8. The zero-order chi connectivity index (χ0) is 15.6. The summed E-state index contributed by atoms with van der Waals surface area (Å²) in [6, 6.07) is 0.222. The molecule has 2 rings (SSSR count). The summed E-state index contributed by atoms with van der Waals surface area (Å²) >= 11 is 0. The van der Waals surface area contributed by atoms with E-state index in [-0.39, 0.29) is 12.0 Å². The second-order valence-electron chi connectivity index (χ2n) is 6.31. The Morgan fingerprint density at radius 1 is 1.52 bits per heavy atom. The third kappa shape index (κ3) is 3.28. The summed E-state index contributed by atoms with van der Waals surface area (Å²) in [6.45, 7) is 11.0. The molecule has 21 heavy (non-hydrogen) atoms.